The molecule has 22 heavy (non-hydrogen) atoms. The van der Waals surface area contributed by atoms with Crippen molar-refractivity contribution in [3.05, 3.63) is 12.2 Å². The van der Waals surface area contributed by atoms with Crippen LogP contribution >= 0.6 is 0 Å². The van der Waals surface area contributed by atoms with E-state index in [1.165, 1.54) is 71.1 Å². The highest BCUT2D eigenvalue weighted by atomic mass is 16.5. The number of ether oxygens (including phenoxy) is 1. The number of carbonyl (C=O) groups excluding carboxylic acids is 1. The van der Waals surface area contributed by atoms with Crippen molar-refractivity contribution in [2.45, 2.75) is 90.9 Å². The van der Waals surface area contributed by atoms with Crippen molar-refractivity contribution in [1.29, 1.82) is 0 Å². The molecule has 0 aromatic carbocycles. The monoisotopic (exact) mass is 306 g/mol. The van der Waals surface area contributed by atoms with Crippen molar-refractivity contribution >= 4 is 5.97 Å². The second-order valence-corrected chi connectivity index (χ2v) is 5.72. The van der Waals surface area contributed by atoms with Crippen LogP contribution in [0.2, 0.25) is 0 Å². The van der Waals surface area contributed by atoms with Gasteiger partial charge in [-0.2, -0.15) is 0 Å². The second-order valence-electron chi connectivity index (χ2n) is 5.72. The lowest BCUT2D eigenvalue weighted by atomic mass is 10.1. The zero-order valence-electron chi connectivity index (χ0n) is 14.7. The van der Waals surface area contributed by atoms with Gasteiger partial charge in [0.25, 0.3) is 0 Å². The Morgan fingerprint density at radius 1 is 0.864 bits per heavy atom. The molecule has 0 aromatic rings. The molecular formula is C20H34O2. The molecule has 0 rings (SSSR count). The standard InChI is InChI=1S/C20H34O2/c1-3-4-5-6-7-8-9-10-11-12-13-14-15-16-17-18-19-22-20(2)21/h6-7H,3-5,8-15,18-19H2,1-2H3/b7-6-. The Hall–Kier alpha value is -1.23. The van der Waals surface area contributed by atoms with E-state index in [2.05, 4.69) is 30.9 Å². The quantitative estimate of drug-likeness (QED) is 0.186. The van der Waals surface area contributed by atoms with Gasteiger partial charge < -0.3 is 4.74 Å². The minimum Gasteiger partial charge on any atom is -0.465 e. The van der Waals surface area contributed by atoms with Crippen LogP contribution in [0.25, 0.3) is 0 Å². The number of carbonyl (C=O) groups is 1. The summed E-state index contributed by atoms with van der Waals surface area (Å²) in [5.74, 6) is 5.97. The molecule has 0 aliphatic carbocycles. The van der Waals surface area contributed by atoms with Gasteiger partial charge in [0.2, 0.25) is 0 Å². The largest absolute Gasteiger partial charge is 0.465 e. The maximum atomic E-state index is 10.5. The highest BCUT2D eigenvalue weighted by Crippen LogP contribution is 2.09. The molecule has 0 fully saturated rings. The molecule has 0 aliphatic rings. The van der Waals surface area contributed by atoms with Gasteiger partial charge in [-0.3, -0.25) is 4.79 Å². The first-order valence-corrected chi connectivity index (χ1v) is 9.01. The number of allylic oxidation sites excluding steroid dienone is 2. The van der Waals surface area contributed by atoms with Crippen LogP contribution in [0.4, 0.5) is 0 Å². The lowest BCUT2D eigenvalue weighted by Gasteiger charge is -1.99. The first-order chi connectivity index (χ1) is 10.8. The van der Waals surface area contributed by atoms with Crippen LogP contribution in [0, 0.1) is 11.8 Å². The third-order valence-corrected chi connectivity index (χ3v) is 3.47. The number of hydrogen-bond acceptors (Lipinski definition) is 2. The van der Waals surface area contributed by atoms with Gasteiger partial charge in [-0.1, -0.05) is 63.5 Å². The third kappa shape index (κ3) is 18.8. The smallest absolute Gasteiger partial charge is 0.302 e. The van der Waals surface area contributed by atoms with E-state index >= 15 is 0 Å². The van der Waals surface area contributed by atoms with E-state index in [-0.39, 0.29) is 5.97 Å². The predicted molar refractivity (Wildman–Crippen MR) is 94.6 cm³/mol. The minimum absolute atomic E-state index is 0.224. The van der Waals surface area contributed by atoms with Crippen LogP contribution < -0.4 is 0 Å². The fraction of sp³-hybridized carbons (Fsp3) is 0.750. The van der Waals surface area contributed by atoms with Gasteiger partial charge in [0.05, 0.1) is 0 Å². The number of hydrogen-bond donors (Lipinski definition) is 0. The van der Waals surface area contributed by atoms with E-state index in [1.807, 2.05) is 0 Å². The highest BCUT2D eigenvalue weighted by molar-refractivity contribution is 5.65. The van der Waals surface area contributed by atoms with Crippen LogP contribution in [0.3, 0.4) is 0 Å². The lowest BCUT2D eigenvalue weighted by Crippen LogP contribution is -1.98. The van der Waals surface area contributed by atoms with Crippen LogP contribution in [-0.4, -0.2) is 12.6 Å². The molecule has 0 spiro atoms. The molecule has 2 heteroatoms. The minimum atomic E-state index is -0.224. The Kier molecular flexibility index (Phi) is 16.8. The second kappa shape index (κ2) is 17.8. The average molecular weight is 306 g/mol. The molecular weight excluding hydrogens is 272 g/mol. The molecule has 0 aromatic heterocycles. The fourth-order valence-electron chi connectivity index (χ4n) is 2.16. The molecule has 0 aliphatic heterocycles. The fourth-order valence-corrected chi connectivity index (χ4v) is 2.16. The Bertz CT molecular complexity index is 333. The van der Waals surface area contributed by atoms with Crippen molar-refractivity contribution in [2.75, 3.05) is 6.61 Å². The molecule has 0 N–H and O–H groups in total. The summed E-state index contributed by atoms with van der Waals surface area (Å²) in [7, 11) is 0. The van der Waals surface area contributed by atoms with Crippen molar-refractivity contribution in [2.24, 2.45) is 0 Å². The molecule has 0 heterocycles. The van der Waals surface area contributed by atoms with Crippen molar-refractivity contribution < 1.29 is 9.53 Å². The van der Waals surface area contributed by atoms with E-state index in [4.69, 9.17) is 4.74 Å². The molecule has 0 saturated heterocycles. The SMILES string of the molecule is CCCC/C=C\CCCCCCCCC#CCCOC(C)=O. The Morgan fingerprint density at radius 2 is 1.45 bits per heavy atom. The lowest BCUT2D eigenvalue weighted by molar-refractivity contribution is -0.140. The maximum absolute atomic E-state index is 10.5. The third-order valence-electron chi connectivity index (χ3n) is 3.47. The molecule has 0 saturated carbocycles. The van der Waals surface area contributed by atoms with Crippen molar-refractivity contribution in [3.8, 4) is 11.8 Å². The molecule has 0 atom stereocenters. The molecule has 126 valence electrons. The van der Waals surface area contributed by atoms with E-state index < -0.39 is 0 Å². The summed E-state index contributed by atoms with van der Waals surface area (Å²) in [6.45, 7) is 4.09. The molecule has 2 nitrogen and oxygen atoms in total. The van der Waals surface area contributed by atoms with Gasteiger partial charge >= 0.3 is 5.97 Å². The summed E-state index contributed by atoms with van der Waals surface area (Å²) < 4.78 is 4.81. The Morgan fingerprint density at radius 3 is 2.14 bits per heavy atom. The van der Waals surface area contributed by atoms with E-state index in [0.29, 0.717) is 13.0 Å². The van der Waals surface area contributed by atoms with Crippen LogP contribution in [-0.2, 0) is 9.53 Å². The highest BCUT2D eigenvalue weighted by Gasteiger charge is 1.91. The van der Waals surface area contributed by atoms with Crippen LogP contribution in [0.1, 0.15) is 90.9 Å². The summed E-state index contributed by atoms with van der Waals surface area (Å²) in [6, 6.07) is 0. The van der Waals surface area contributed by atoms with E-state index in [9.17, 15) is 4.79 Å². The summed E-state index contributed by atoms with van der Waals surface area (Å²) >= 11 is 0. The van der Waals surface area contributed by atoms with Crippen molar-refractivity contribution in [3.63, 3.8) is 0 Å². The molecule has 0 bridgehead atoms. The summed E-state index contributed by atoms with van der Waals surface area (Å²) in [5.41, 5.74) is 0. The number of rotatable bonds is 13. The van der Waals surface area contributed by atoms with Gasteiger partial charge in [-0.05, 0) is 25.7 Å². The first kappa shape index (κ1) is 20.8. The van der Waals surface area contributed by atoms with Gasteiger partial charge in [0.15, 0.2) is 0 Å². The Balaban J connectivity index is 3.16. The van der Waals surface area contributed by atoms with Gasteiger partial charge in [-0.15, -0.1) is 5.92 Å². The molecule has 0 amide bonds. The number of esters is 1. The maximum Gasteiger partial charge on any atom is 0.302 e. The zero-order chi connectivity index (χ0) is 16.3. The van der Waals surface area contributed by atoms with Gasteiger partial charge in [0.1, 0.15) is 6.61 Å². The van der Waals surface area contributed by atoms with Crippen LogP contribution in [0.15, 0.2) is 12.2 Å². The molecule has 0 unspecified atom stereocenters. The normalized spacial score (nSPS) is 10.5. The van der Waals surface area contributed by atoms with Crippen molar-refractivity contribution in [1.82, 2.24) is 0 Å². The van der Waals surface area contributed by atoms with E-state index in [0.717, 1.165) is 6.42 Å². The van der Waals surface area contributed by atoms with E-state index in [1.54, 1.807) is 0 Å². The zero-order valence-corrected chi connectivity index (χ0v) is 14.7. The number of unbranched alkanes of at least 4 members (excludes halogenated alkanes) is 9. The summed E-state index contributed by atoms with van der Waals surface area (Å²) in [4.78, 5) is 10.5. The topological polar surface area (TPSA) is 26.3 Å². The Labute approximate surface area is 137 Å². The van der Waals surface area contributed by atoms with Gasteiger partial charge in [-0.25, -0.2) is 0 Å². The summed E-state index contributed by atoms with van der Waals surface area (Å²) in [6.07, 6.45) is 19.3. The average Bonchev–Trinajstić information content (AvgIpc) is 2.50. The molecule has 0 radical (unpaired) electrons. The first-order valence-electron chi connectivity index (χ1n) is 9.01. The summed E-state index contributed by atoms with van der Waals surface area (Å²) in [5, 5.41) is 0. The van der Waals surface area contributed by atoms with Crippen LogP contribution in [0.5, 0.6) is 0 Å². The van der Waals surface area contributed by atoms with Gasteiger partial charge in [0, 0.05) is 19.8 Å². The predicted octanol–water partition coefficient (Wildman–Crippen LogP) is 5.81.